The summed E-state index contributed by atoms with van der Waals surface area (Å²) in [6.45, 7) is 10.7. The van der Waals surface area contributed by atoms with Crippen molar-refractivity contribution in [3.8, 4) is 0 Å². The summed E-state index contributed by atoms with van der Waals surface area (Å²) in [5, 5.41) is 3.00. The Bertz CT molecular complexity index is 590. The molecule has 1 N–H and O–H groups in total. The van der Waals surface area contributed by atoms with E-state index in [9.17, 15) is 4.79 Å². The number of hydrogen-bond donors (Lipinski definition) is 1. The standard InChI is InChI=1S/C17H22N2O/c1-11-6-8-18-14(9-11)19-15(20)17-7-5-13(10-17)16(3,4)12(17)2/h6,8-9,13H,2,5,7,10H2,1,3-4H3,(H,18,19,20). The molecule has 0 aromatic carbocycles. The van der Waals surface area contributed by atoms with Crippen molar-refractivity contribution in [2.24, 2.45) is 16.7 Å². The lowest BCUT2D eigenvalue weighted by Crippen LogP contribution is -2.37. The van der Waals surface area contributed by atoms with Gasteiger partial charge in [0.1, 0.15) is 5.82 Å². The van der Waals surface area contributed by atoms with Crippen molar-refractivity contribution >= 4 is 11.7 Å². The molecule has 2 fully saturated rings. The van der Waals surface area contributed by atoms with Gasteiger partial charge in [-0.3, -0.25) is 4.79 Å². The third-order valence-electron chi connectivity index (χ3n) is 5.48. The molecule has 0 radical (unpaired) electrons. The van der Waals surface area contributed by atoms with E-state index in [2.05, 4.69) is 30.7 Å². The van der Waals surface area contributed by atoms with Gasteiger partial charge in [0.2, 0.25) is 5.91 Å². The monoisotopic (exact) mass is 270 g/mol. The second kappa shape index (κ2) is 4.18. The van der Waals surface area contributed by atoms with Crippen LogP contribution >= 0.6 is 0 Å². The van der Waals surface area contributed by atoms with E-state index in [0.29, 0.717) is 11.7 Å². The van der Waals surface area contributed by atoms with Gasteiger partial charge in [-0.25, -0.2) is 4.98 Å². The maximum absolute atomic E-state index is 12.8. The van der Waals surface area contributed by atoms with Crippen molar-refractivity contribution < 1.29 is 4.79 Å². The average Bonchev–Trinajstić information content (AvgIpc) is 2.90. The summed E-state index contributed by atoms with van der Waals surface area (Å²) in [6, 6.07) is 3.83. The Hall–Kier alpha value is -1.64. The highest BCUT2D eigenvalue weighted by Gasteiger charge is 2.60. The summed E-state index contributed by atoms with van der Waals surface area (Å²) in [5.74, 6) is 1.31. The number of carbonyl (C=O) groups is 1. The second-order valence-electron chi connectivity index (χ2n) is 6.89. The normalized spacial score (nSPS) is 30.6. The van der Waals surface area contributed by atoms with Crippen LogP contribution in [0.5, 0.6) is 0 Å². The van der Waals surface area contributed by atoms with Crippen LogP contribution in [0.2, 0.25) is 0 Å². The average molecular weight is 270 g/mol. The van der Waals surface area contributed by atoms with Crippen molar-refractivity contribution in [2.45, 2.75) is 40.0 Å². The molecule has 2 bridgehead atoms. The van der Waals surface area contributed by atoms with Crippen LogP contribution < -0.4 is 5.32 Å². The molecule has 2 aliphatic rings. The van der Waals surface area contributed by atoms with Crippen LogP contribution in [-0.2, 0) is 4.79 Å². The SMILES string of the molecule is C=C1C2(C(=O)Nc3cc(C)ccn3)CCC(C2)C1(C)C. The number of carbonyl (C=O) groups excluding carboxylic acids is 1. The number of amides is 1. The first kappa shape index (κ1) is 13.3. The minimum atomic E-state index is -0.375. The number of rotatable bonds is 2. The number of aromatic nitrogens is 1. The maximum atomic E-state index is 12.8. The largest absolute Gasteiger partial charge is 0.310 e. The van der Waals surface area contributed by atoms with Gasteiger partial charge in [-0.15, -0.1) is 0 Å². The van der Waals surface area contributed by atoms with Crippen LogP contribution in [0.15, 0.2) is 30.5 Å². The molecule has 1 heterocycles. The molecule has 2 saturated carbocycles. The summed E-state index contributed by atoms with van der Waals surface area (Å²) in [4.78, 5) is 17.0. The van der Waals surface area contributed by atoms with Gasteiger partial charge < -0.3 is 5.32 Å². The Kier molecular flexibility index (Phi) is 2.79. The van der Waals surface area contributed by atoms with Crippen molar-refractivity contribution in [1.82, 2.24) is 4.98 Å². The molecule has 0 saturated heterocycles. The zero-order valence-corrected chi connectivity index (χ0v) is 12.5. The van der Waals surface area contributed by atoms with Crippen molar-refractivity contribution in [1.29, 1.82) is 0 Å². The van der Waals surface area contributed by atoms with Gasteiger partial charge in [-0.05, 0) is 55.2 Å². The molecule has 20 heavy (non-hydrogen) atoms. The van der Waals surface area contributed by atoms with Crippen LogP contribution in [0.1, 0.15) is 38.7 Å². The molecule has 1 aromatic heterocycles. The quantitative estimate of drug-likeness (QED) is 0.832. The predicted molar refractivity (Wildman–Crippen MR) is 80.3 cm³/mol. The summed E-state index contributed by atoms with van der Waals surface area (Å²) in [5.41, 5.74) is 1.91. The van der Waals surface area contributed by atoms with Crippen LogP contribution in [0, 0.1) is 23.7 Å². The molecule has 1 aromatic rings. The summed E-state index contributed by atoms with van der Waals surface area (Å²) < 4.78 is 0. The topological polar surface area (TPSA) is 42.0 Å². The third-order valence-corrected chi connectivity index (χ3v) is 5.48. The fraction of sp³-hybridized carbons (Fsp3) is 0.529. The Morgan fingerprint density at radius 2 is 2.25 bits per heavy atom. The van der Waals surface area contributed by atoms with Crippen molar-refractivity contribution in [3.05, 3.63) is 36.0 Å². The van der Waals surface area contributed by atoms with E-state index in [1.807, 2.05) is 19.1 Å². The molecule has 2 aliphatic carbocycles. The van der Waals surface area contributed by atoms with Crippen molar-refractivity contribution in [2.75, 3.05) is 5.32 Å². The van der Waals surface area contributed by atoms with Crippen LogP contribution in [0.3, 0.4) is 0 Å². The van der Waals surface area contributed by atoms with Crippen molar-refractivity contribution in [3.63, 3.8) is 0 Å². The van der Waals surface area contributed by atoms with E-state index in [1.165, 1.54) is 0 Å². The molecule has 3 heteroatoms. The molecule has 3 nitrogen and oxygen atoms in total. The zero-order valence-electron chi connectivity index (χ0n) is 12.5. The fourth-order valence-corrected chi connectivity index (χ4v) is 3.98. The molecule has 0 spiro atoms. The number of aryl methyl sites for hydroxylation is 1. The van der Waals surface area contributed by atoms with Crippen LogP contribution in [0.25, 0.3) is 0 Å². The molecule has 3 rings (SSSR count). The molecular weight excluding hydrogens is 248 g/mol. The van der Waals surface area contributed by atoms with Gasteiger partial charge in [-0.2, -0.15) is 0 Å². The maximum Gasteiger partial charge on any atom is 0.235 e. The van der Waals surface area contributed by atoms with E-state index in [1.54, 1.807) is 6.20 Å². The number of hydrogen-bond acceptors (Lipinski definition) is 2. The Labute approximate surface area is 120 Å². The third kappa shape index (κ3) is 1.72. The van der Waals surface area contributed by atoms with Gasteiger partial charge in [0.25, 0.3) is 0 Å². The molecular formula is C17H22N2O. The number of pyridine rings is 1. The minimum Gasteiger partial charge on any atom is -0.310 e. The Morgan fingerprint density at radius 3 is 2.85 bits per heavy atom. The highest BCUT2D eigenvalue weighted by Crippen LogP contribution is 2.65. The van der Waals surface area contributed by atoms with Crippen LogP contribution in [0.4, 0.5) is 5.82 Å². The summed E-state index contributed by atoms with van der Waals surface area (Å²) in [6.07, 6.45) is 4.72. The first-order valence-corrected chi connectivity index (χ1v) is 7.30. The van der Waals surface area contributed by atoms with Gasteiger partial charge in [-0.1, -0.05) is 26.0 Å². The number of fused-ring (bicyclic) bond motifs is 2. The van der Waals surface area contributed by atoms with Gasteiger partial charge >= 0.3 is 0 Å². The highest BCUT2D eigenvalue weighted by atomic mass is 16.2. The predicted octanol–water partition coefficient (Wildman–Crippen LogP) is 3.71. The van der Waals surface area contributed by atoms with Gasteiger partial charge in [0.15, 0.2) is 0 Å². The molecule has 2 atom stereocenters. The Balaban J connectivity index is 1.86. The molecule has 106 valence electrons. The van der Waals surface area contributed by atoms with Crippen LogP contribution in [-0.4, -0.2) is 10.9 Å². The lowest BCUT2D eigenvalue weighted by atomic mass is 9.68. The second-order valence-corrected chi connectivity index (χ2v) is 6.89. The summed E-state index contributed by atoms with van der Waals surface area (Å²) in [7, 11) is 0. The van der Waals surface area contributed by atoms with E-state index in [-0.39, 0.29) is 16.7 Å². The fourth-order valence-electron chi connectivity index (χ4n) is 3.98. The lowest BCUT2D eigenvalue weighted by Gasteiger charge is -2.37. The number of nitrogens with zero attached hydrogens (tertiary/aromatic N) is 1. The lowest BCUT2D eigenvalue weighted by molar-refractivity contribution is -0.123. The molecule has 2 unspecified atom stereocenters. The van der Waals surface area contributed by atoms with Gasteiger partial charge in [0.05, 0.1) is 5.41 Å². The Morgan fingerprint density at radius 1 is 1.50 bits per heavy atom. The highest BCUT2D eigenvalue weighted by molar-refractivity contribution is 5.97. The first-order chi connectivity index (χ1) is 9.36. The smallest absolute Gasteiger partial charge is 0.235 e. The molecule has 1 amide bonds. The van der Waals surface area contributed by atoms with Gasteiger partial charge in [0, 0.05) is 6.20 Å². The summed E-state index contributed by atoms with van der Waals surface area (Å²) >= 11 is 0. The first-order valence-electron chi connectivity index (χ1n) is 7.30. The van der Waals surface area contributed by atoms with E-state index < -0.39 is 0 Å². The van der Waals surface area contributed by atoms with E-state index in [4.69, 9.17) is 0 Å². The molecule has 0 aliphatic heterocycles. The van der Waals surface area contributed by atoms with E-state index >= 15 is 0 Å². The van der Waals surface area contributed by atoms with E-state index in [0.717, 1.165) is 30.4 Å². The number of nitrogens with one attached hydrogen (secondary N) is 1. The minimum absolute atomic E-state index is 0.0775. The zero-order chi connectivity index (χ0) is 14.5. The number of anilines is 1.